The predicted octanol–water partition coefficient (Wildman–Crippen LogP) is 2.71. The van der Waals surface area contributed by atoms with Crippen molar-refractivity contribution in [1.82, 2.24) is 9.97 Å². The fourth-order valence-corrected chi connectivity index (χ4v) is 1.48. The Balaban J connectivity index is 2.43. The van der Waals surface area contributed by atoms with Gasteiger partial charge in [0.15, 0.2) is 0 Å². The lowest BCUT2D eigenvalue weighted by atomic mass is 10.2. The van der Waals surface area contributed by atoms with E-state index in [0.717, 1.165) is 16.1 Å². The molecule has 3 nitrogen and oxygen atoms in total. The number of hydrogen-bond donors (Lipinski definition) is 0. The molecule has 0 unspecified atom stereocenters. The second-order valence-corrected chi connectivity index (χ2v) is 4.58. The SMILES string of the molecule is CCCCCN(C)c1ncc(I)cn1. The van der Waals surface area contributed by atoms with Gasteiger partial charge in [0, 0.05) is 29.6 Å². The van der Waals surface area contributed by atoms with Crippen LogP contribution in [0.4, 0.5) is 5.95 Å². The minimum atomic E-state index is 0.821. The highest BCUT2D eigenvalue weighted by atomic mass is 127. The maximum atomic E-state index is 4.26. The van der Waals surface area contributed by atoms with Gasteiger partial charge in [-0.05, 0) is 29.0 Å². The van der Waals surface area contributed by atoms with Crippen LogP contribution in [0, 0.1) is 3.57 Å². The van der Waals surface area contributed by atoms with E-state index >= 15 is 0 Å². The van der Waals surface area contributed by atoms with Crippen molar-refractivity contribution in [3.63, 3.8) is 0 Å². The zero-order chi connectivity index (χ0) is 10.4. The van der Waals surface area contributed by atoms with Gasteiger partial charge < -0.3 is 4.90 Å². The number of halogens is 1. The molecular formula is C10H16IN3. The zero-order valence-corrected chi connectivity index (χ0v) is 10.9. The van der Waals surface area contributed by atoms with Gasteiger partial charge in [0.1, 0.15) is 0 Å². The summed E-state index contributed by atoms with van der Waals surface area (Å²) in [7, 11) is 2.04. The molecule has 4 heteroatoms. The fraction of sp³-hybridized carbons (Fsp3) is 0.600. The molecule has 0 aliphatic heterocycles. The molecule has 0 N–H and O–H groups in total. The Bertz CT molecular complexity index is 261. The minimum absolute atomic E-state index is 0.821. The molecule has 78 valence electrons. The summed E-state index contributed by atoms with van der Waals surface area (Å²) < 4.78 is 1.08. The van der Waals surface area contributed by atoms with Crippen LogP contribution in [0.3, 0.4) is 0 Å². The first-order valence-corrected chi connectivity index (χ1v) is 6.00. The molecule has 1 aromatic heterocycles. The normalized spacial score (nSPS) is 10.2. The lowest BCUT2D eigenvalue weighted by molar-refractivity contribution is 0.696. The predicted molar refractivity (Wildman–Crippen MR) is 67.5 cm³/mol. The van der Waals surface area contributed by atoms with E-state index in [1.165, 1.54) is 19.3 Å². The Labute approximate surface area is 99.1 Å². The Morgan fingerprint density at radius 3 is 2.50 bits per heavy atom. The van der Waals surface area contributed by atoms with Gasteiger partial charge in [0.05, 0.1) is 0 Å². The molecule has 1 rings (SSSR count). The molecule has 0 aliphatic rings. The maximum Gasteiger partial charge on any atom is 0.225 e. The van der Waals surface area contributed by atoms with Gasteiger partial charge in [-0.1, -0.05) is 19.8 Å². The van der Waals surface area contributed by atoms with Crippen LogP contribution in [0.25, 0.3) is 0 Å². The smallest absolute Gasteiger partial charge is 0.225 e. The average molecular weight is 305 g/mol. The van der Waals surface area contributed by atoms with Gasteiger partial charge in [-0.3, -0.25) is 0 Å². The first-order chi connectivity index (χ1) is 6.74. The molecule has 1 aromatic rings. The first-order valence-electron chi connectivity index (χ1n) is 4.92. The molecule has 0 spiro atoms. The van der Waals surface area contributed by atoms with Crippen molar-refractivity contribution in [2.75, 3.05) is 18.5 Å². The highest BCUT2D eigenvalue weighted by Gasteiger charge is 2.02. The van der Waals surface area contributed by atoms with E-state index in [-0.39, 0.29) is 0 Å². The topological polar surface area (TPSA) is 29.0 Å². The second-order valence-electron chi connectivity index (χ2n) is 3.33. The van der Waals surface area contributed by atoms with Gasteiger partial charge in [0.25, 0.3) is 0 Å². The van der Waals surface area contributed by atoms with Crippen molar-refractivity contribution in [3.8, 4) is 0 Å². The quantitative estimate of drug-likeness (QED) is 0.619. The third kappa shape index (κ3) is 3.77. The van der Waals surface area contributed by atoms with Crippen molar-refractivity contribution in [2.24, 2.45) is 0 Å². The molecule has 0 bridgehead atoms. The summed E-state index contributed by atoms with van der Waals surface area (Å²) in [5.74, 6) is 0.821. The van der Waals surface area contributed by atoms with Crippen molar-refractivity contribution in [1.29, 1.82) is 0 Å². The third-order valence-corrected chi connectivity index (χ3v) is 2.60. The summed E-state index contributed by atoms with van der Waals surface area (Å²) in [4.78, 5) is 10.6. The number of hydrogen-bond acceptors (Lipinski definition) is 3. The van der Waals surface area contributed by atoms with Gasteiger partial charge in [-0.2, -0.15) is 0 Å². The van der Waals surface area contributed by atoms with Gasteiger partial charge in [-0.25, -0.2) is 9.97 Å². The lowest BCUT2D eigenvalue weighted by Gasteiger charge is -2.16. The summed E-state index contributed by atoms with van der Waals surface area (Å²) in [6, 6.07) is 0. The number of anilines is 1. The number of aromatic nitrogens is 2. The highest BCUT2D eigenvalue weighted by Crippen LogP contribution is 2.07. The van der Waals surface area contributed by atoms with Crippen LogP contribution < -0.4 is 4.90 Å². The largest absolute Gasteiger partial charge is 0.344 e. The summed E-state index contributed by atoms with van der Waals surface area (Å²) in [5, 5.41) is 0. The van der Waals surface area contributed by atoms with Gasteiger partial charge in [0.2, 0.25) is 5.95 Å². The van der Waals surface area contributed by atoms with Crippen molar-refractivity contribution >= 4 is 28.5 Å². The number of nitrogens with zero attached hydrogens (tertiary/aromatic N) is 3. The first kappa shape index (κ1) is 11.7. The van der Waals surface area contributed by atoms with Crippen LogP contribution in [0.5, 0.6) is 0 Å². The van der Waals surface area contributed by atoms with E-state index in [9.17, 15) is 0 Å². The van der Waals surface area contributed by atoms with Crippen molar-refractivity contribution in [3.05, 3.63) is 16.0 Å². The monoisotopic (exact) mass is 305 g/mol. The van der Waals surface area contributed by atoms with E-state index in [2.05, 4.69) is 44.4 Å². The molecule has 0 saturated carbocycles. The van der Waals surface area contributed by atoms with E-state index in [4.69, 9.17) is 0 Å². The van der Waals surface area contributed by atoms with Crippen LogP contribution in [0.2, 0.25) is 0 Å². The van der Waals surface area contributed by atoms with E-state index in [0.29, 0.717) is 0 Å². The van der Waals surface area contributed by atoms with Crippen LogP contribution in [-0.2, 0) is 0 Å². The molecule has 0 aromatic carbocycles. The molecule has 0 fully saturated rings. The lowest BCUT2D eigenvalue weighted by Crippen LogP contribution is -2.20. The molecule has 14 heavy (non-hydrogen) atoms. The number of unbranched alkanes of at least 4 members (excludes halogenated alkanes) is 2. The fourth-order valence-electron chi connectivity index (χ4n) is 1.20. The molecule has 0 saturated heterocycles. The van der Waals surface area contributed by atoms with Crippen molar-refractivity contribution in [2.45, 2.75) is 26.2 Å². The summed E-state index contributed by atoms with van der Waals surface area (Å²) in [5.41, 5.74) is 0. The van der Waals surface area contributed by atoms with E-state index in [1.54, 1.807) is 0 Å². The molecule has 0 atom stereocenters. The van der Waals surface area contributed by atoms with Gasteiger partial charge in [-0.15, -0.1) is 0 Å². The standard InChI is InChI=1S/C10H16IN3/c1-3-4-5-6-14(2)10-12-7-9(11)8-13-10/h7-8H,3-6H2,1-2H3. The Morgan fingerprint density at radius 1 is 1.29 bits per heavy atom. The Morgan fingerprint density at radius 2 is 1.93 bits per heavy atom. The van der Waals surface area contributed by atoms with Crippen molar-refractivity contribution < 1.29 is 0 Å². The van der Waals surface area contributed by atoms with Crippen LogP contribution in [0.15, 0.2) is 12.4 Å². The summed E-state index contributed by atoms with van der Waals surface area (Å²) >= 11 is 2.21. The van der Waals surface area contributed by atoms with E-state index < -0.39 is 0 Å². The molecular weight excluding hydrogens is 289 g/mol. The molecule has 0 radical (unpaired) electrons. The second kappa shape index (κ2) is 6.16. The van der Waals surface area contributed by atoms with Crippen LogP contribution in [0.1, 0.15) is 26.2 Å². The van der Waals surface area contributed by atoms with E-state index in [1.807, 2.05) is 19.4 Å². The van der Waals surface area contributed by atoms with Crippen LogP contribution in [-0.4, -0.2) is 23.6 Å². The Kier molecular flexibility index (Phi) is 5.14. The van der Waals surface area contributed by atoms with Gasteiger partial charge >= 0.3 is 0 Å². The maximum absolute atomic E-state index is 4.26. The highest BCUT2D eigenvalue weighted by molar-refractivity contribution is 14.1. The minimum Gasteiger partial charge on any atom is -0.344 e. The average Bonchev–Trinajstić information content (AvgIpc) is 2.19. The van der Waals surface area contributed by atoms with Crippen LogP contribution >= 0.6 is 22.6 Å². The summed E-state index contributed by atoms with van der Waals surface area (Å²) in [6.45, 7) is 3.25. The zero-order valence-electron chi connectivity index (χ0n) is 8.70. The molecule has 0 amide bonds. The molecule has 0 aliphatic carbocycles. The Hall–Kier alpha value is -0.390. The number of rotatable bonds is 5. The molecule has 1 heterocycles. The third-order valence-electron chi connectivity index (χ3n) is 2.05. The summed E-state index contributed by atoms with van der Waals surface area (Å²) in [6.07, 6.45) is 7.43.